The first kappa shape index (κ1) is 15.6. The molecular formula is C16H30N2O2. The maximum Gasteiger partial charge on any atom is 0.315 e. The minimum atomic E-state index is -0.169. The van der Waals surface area contributed by atoms with E-state index in [1.54, 1.807) is 0 Å². The summed E-state index contributed by atoms with van der Waals surface area (Å²) in [7, 11) is 0. The summed E-state index contributed by atoms with van der Waals surface area (Å²) in [6, 6.07) is 0.284. The van der Waals surface area contributed by atoms with E-state index in [1.165, 1.54) is 12.8 Å². The molecule has 0 aromatic rings. The smallest absolute Gasteiger partial charge is 0.315 e. The Balaban J connectivity index is 1.69. The number of hydrogen-bond acceptors (Lipinski definition) is 2. The standard InChI is InChI=1S/C16H30N2O2/c1-11-5-3-8-15(12(11)2)18-16(20)17-10-13-6-4-7-14(19)9-13/h11-15,19H,3-10H2,1-2H3,(H2,17,18,20). The van der Waals surface area contributed by atoms with Gasteiger partial charge in [0.1, 0.15) is 0 Å². The number of nitrogens with one attached hydrogen (secondary N) is 2. The minimum absolute atomic E-state index is 0.0315. The normalized spacial score (nSPS) is 38.2. The average molecular weight is 282 g/mol. The van der Waals surface area contributed by atoms with Crippen molar-refractivity contribution in [3.8, 4) is 0 Å². The second-order valence-electron chi connectivity index (χ2n) is 6.91. The maximum atomic E-state index is 12.0. The third-order valence-corrected chi connectivity index (χ3v) is 5.33. The van der Waals surface area contributed by atoms with Crippen LogP contribution in [0.3, 0.4) is 0 Å². The SMILES string of the molecule is CC1CCCC(NC(=O)NCC2CCCC(O)C2)C1C. The molecule has 4 nitrogen and oxygen atoms in total. The van der Waals surface area contributed by atoms with Gasteiger partial charge in [-0.15, -0.1) is 0 Å². The van der Waals surface area contributed by atoms with Crippen LogP contribution < -0.4 is 10.6 Å². The van der Waals surface area contributed by atoms with Crippen LogP contribution in [0.2, 0.25) is 0 Å². The van der Waals surface area contributed by atoms with Gasteiger partial charge in [-0.2, -0.15) is 0 Å². The Labute approximate surface area is 122 Å². The van der Waals surface area contributed by atoms with E-state index in [0.29, 0.717) is 30.3 Å². The summed E-state index contributed by atoms with van der Waals surface area (Å²) in [5.74, 6) is 1.70. The van der Waals surface area contributed by atoms with Gasteiger partial charge >= 0.3 is 6.03 Å². The molecule has 0 aliphatic heterocycles. The van der Waals surface area contributed by atoms with E-state index in [1.807, 2.05) is 0 Å². The Hall–Kier alpha value is -0.770. The first-order chi connectivity index (χ1) is 9.56. The topological polar surface area (TPSA) is 61.4 Å². The molecule has 116 valence electrons. The van der Waals surface area contributed by atoms with Gasteiger partial charge in [-0.05, 0) is 43.4 Å². The summed E-state index contributed by atoms with van der Waals surface area (Å²) in [4.78, 5) is 12.0. The molecule has 3 N–H and O–H groups in total. The molecule has 2 amide bonds. The summed E-state index contributed by atoms with van der Waals surface area (Å²) in [5, 5.41) is 15.8. The number of hydrogen-bond donors (Lipinski definition) is 3. The Morgan fingerprint density at radius 3 is 2.65 bits per heavy atom. The van der Waals surface area contributed by atoms with Crippen LogP contribution in [0.5, 0.6) is 0 Å². The van der Waals surface area contributed by atoms with Gasteiger partial charge in [0, 0.05) is 12.6 Å². The fourth-order valence-electron chi connectivity index (χ4n) is 3.69. The molecule has 0 saturated heterocycles. The van der Waals surface area contributed by atoms with Gasteiger partial charge < -0.3 is 15.7 Å². The van der Waals surface area contributed by atoms with E-state index in [0.717, 1.165) is 32.1 Å². The predicted molar refractivity (Wildman–Crippen MR) is 80.5 cm³/mol. The second-order valence-corrected chi connectivity index (χ2v) is 6.91. The Morgan fingerprint density at radius 2 is 1.90 bits per heavy atom. The molecule has 20 heavy (non-hydrogen) atoms. The molecule has 2 rings (SSSR count). The fraction of sp³-hybridized carbons (Fsp3) is 0.938. The van der Waals surface area contributed by atoms with E-state index in [9.17, 15) is 9.90 Å². The zero-order valence-corrected chi connectivity index (χ0v) is 12.9. The van der Waals surface area contributed by atoms with Crippen LogP contribution in [0.15, 0.2) is 0 Å². The Bertz CT molecular complexity index is 322. The van der Waals surface area contributed by atoms with Crippen LogP contribution in [0.25, 0.3) is 0 Å². The predicted octanol–water partition coefficient (Wildman–Crippen LogP) is 2.66. The van der Waals surface area contributed by atoms with Crippen LogP contribution in [0, 0.1) is 17.8 Å². The van der Waals surface area contributed by atoms with Crippen molar-refractivity contribution in [3.05, 3.63) is 0 Å². The van der Waals surface area contributed by atoms with Gasteiger partial charge in [0.25, 0.3) is 0 Å². The van der Waals surface area contributed by atoms with E-state index >= 15 is 0 Å². The van der Waals surface area contributed by atoms with Gasteiger partial charge in [0.15, 0.2) is 0 Å². The highest BCUT2D eigenvalue weighted by Crippen LogP contribution is 2.29. The number of carbonyl (C=O) groups is 1. The van der Waals surface area contributed by atoms with Crippen molar-refractivity contribution < 1.29 is 9.90 Å². The van der Waals surface area contributed by atoms with E-state index in [-0.39, 0.29) is 12.1 Å². The first-order valence-electron chi connectivity index (χ1n) is 8.28. The van der Waals surface area contributed by atoms with Crippen molar-refractivity contribution in [2.75, 3.05) is 6.54 Å². The number of urea groups is 1. The lowest BCUT2D eigenvalue weighted by molar-refractivity contribution is 0.101. The molecule has 0 bridgehead atoms. The Kier molecular flexibility index (Phi) is 5.70. The lowest BCUT2D eigenvalue weighted by Gasteiger charge is -2.34. The largest absolute Gasteiger partial charge is 0.393 e. The molecule has 5 atom stereocenters. The zero-order chi connectivity index (χ0) is 14.5. The highest BCUT2D eigenvalue weighted by atomic mass is 16.3. The summed E-state index contributed by atoms with van der Waals surface area (Å²) in [6.07, 6.45) is 7.36. The van der Waals surface area contributed by atoms with Crippen LogP contribution >= 0.6 is 0 Å². The van der Waals surface area contributed by atoms with Crippen molar-refractivity contribution in [2.24, 2.45) is 17.8 Å². The molecule has 2 aliphatic rings. The van der Waals surface area contributed by atoms with Crippen molar-refractivity contribution in [3.63, 3.8) is 0 Å². The highest BCUT2D eigenvalue weighted by molar-refractivity contribution is 5.74. The molecule has 2 aliphatic carbocycles. The van der Waals surface area contributed by atoms with Crippen molar-refractivity contribution >= 4 is 6.03 Å². The summed E-state index contributed by atoms with van der Waals surface area (Å²) in [6.45, 7) is 5.21. The molecule has 2 saturated carbocycles. The average Bonchev–Trinajstić information content (AvgIpc) is 2.42. The molecule has 0 radical (unpaired) electrons. The molecule has 0 heterocycles. The summed E-state index contributed by atoms with van der Waals surface area (Å²) in [5.41, 5.74) is 0. The van der Waals surface area contributed by atoms with Crippen LogP contribution in [-0.2, 0) is 0 Å². The quantitative estimate of drug-likeness (QED) is 0.745. The fourth-order valence-corrected chi connectivity index (χ4v) is 3.69. The maximum absolute atomic E-state index is 12.0. The van der Waals surface area contributed by atoms with Crippen LogP contribution in [0.1, 0.15) is 58.8 Å². The van der Waals surface area contributed by atoms with Crippen molar-refractivity contribution in [1.82, 2.24) is 10.6 Å². The number of carbonyl (C=O) groups excluding carboxylic acids is 1. The molecule has 5 unspecified atom stereocenters. The van der Waals surface area contributed by atoms with Gasteiger partial charge in [0.2, 0.25) is 0 Å². The van der Waals surface area contributed by atoms with Crippen molar-refractivity contribution in [2.45, 2.75) is 70.9 Å². The minimum Gasteiger partial charge on any atom is -0.393 e. The van der Waals surface area contributed by atoms with Gasteiger partial charge in [-0.25, -0.2) is 4.79 Å². The first-order valence-corrected chi connectivity index (χ1v) is 8.28. The Morgan fingerprint density at radius 1 is 1.15 bits per heavy atom. The number of aliphatic hydroxyl groups excluding tert-OH is 1. The van der Waals surface area contributed by atoms with E-state index < -0.39 is 0 Å². The lowest BCUT2D eigenvalue weighted by Crippen LogP contribution is -2.48. The van der Waals surface area contributed by atoms with E-state index in [4.69, 9.17) is 0 Å². The number of aliphatic hydroxyl groups is 1. The molecular weight excluding hydrogens is 252 g/mol. The van der Waals surface area contributed by atoms with Gasteiger partial charge in [-0.3, -0.25) is 0 Å². The third kappa shape index (κ3) is 4.37. The third-order valence-electron chi connectivity index (χ3n) is 5.33. The molecule has 4 heteroatoms. The summed E-state index contributed by atoms with van der Waals surface area (Å²) < 4.78 is 0. The van der Waals surface area contributed by atoms with Gasteiger partial charge in [-0.1, -0.05) is 33.1 Å². The zero-order valence-electron chi connectivity index (χ0n) is 12.9. The molecule has 2 fully saturated rings. The second kappa shape index (κ2) is 7.30. The van der Waals surface area contributed by atoms with Gasteiger partial charge in [0.05, 0.1) is 6.10 Å². The summed E-state index contributed by atoms with van der Waals surface area (Å²) >= 11 is 0. The molecule has 0 aromatic carbocycles. The molecule has 0 aromatic heterocycles. The monoisotopic (exact) mass is 282 g/mol. The molecule has 0 spiro atoms. The number of amides is 2. The lowest BCUT2D eigenvalue weighted by atomic mass is 9.78. The highest BCUT2D eigenvalue weighted by Gasteiger charge is 2.28. The number of rotatable bonds is 3. The van der Waals surface area contributed by atoms with Crippen LogP contribution in [-0.4, -0.2) is 29.8 Å². The van der Waals surface area contributed by atoms with Crippen molar-refractivity contribution in [1.29, 1.82) is 0 Å². The van der Waals surface area contributed by atoms with E-state index in [2.05, 4.69) is 24.5 Å². The van der Waals surface area contributed by atoms with Crippen LogP contribution in [0.4, 0.5) is 4.79 Å².